The molecule has 0 aromatic carbocycles. The van der Waals surface area contributed by atoms with E-state index in [9.17, 15) is 9.90 Å². The van der Waals surface area contributed by atoms with Crippen LogP contribution in [-0.4, -0.2) is 24.1 Å². The number of pyridine rings is 1. The maximum Gasteiger partial charge on any atom is 0.303 e. The first-order valence-electron chi connectivity index (χ1n) is 5.12. The lowest BCUT2D eigenvalue weighted by Crippen LogP contribution is -2.38. The van der Waals surface area contributed by atoms with Crippen LogP contribution in [0.5, 0.6) is 5.75 Å². The van der Waals surface area contributed by atoms with E-state index in [1.165, 1.54) is 13.1 Å². The highest BCUT2D eigenvalue weighted by Gasteiger charge is 2.21. The first-order chi connectivity index (χ1) is 7.30. The summed E-state index contributed by atoms with van der Waals surface area (Å²) in [5.41, 5.74) is 0.672. The Kier molecular flexibility index (Phi) is 3.69. The monoisotopic (exact) mass is 239 g/mol. The predicted octanol–water partition coefficient (Wildman–Crippen LogP) is 1.40. The molecule has 0 aliphatic heterocycles. The minimum Gasteiger partial charge on any atom is -0.506 e. The van der Waals surface area contributed by atoms with Crippen molar-refractivity contribution < 1.29 is 14.6 Å². The minimum absolute atomic E-state index is 0.160. The average molecular weight is 239 g/mol. The van der Waals surface area contributed by atoms with Crippen LogP contribution in [0.15, 0.2) is 12.3 Å². The Balaban J connectivity index is 2.94. The Morgan fingerprint density at radius 3 is 2.62 bits per heavy atom. The van der Waals surface area contributed by atoms with Crippen LogP contribution in [0.3, 0.4) is 0 Å². The van der Waals surface area contributed by atoms with Crippen molar-refractivity contribution in [1.29, 1.82) is 0 Å². The van der Waals surface area contributed by atoms with Gasteiger partial charge >= 0.3 is 5.97 Å². The van der Waals surface area contributed by atoms with Gasteiger partial charge in [-0.1, -0.05) is 19.6 Å². The van der Waals surface area contributed by atoms with Crippen LogP contribution < -0.4 is 5.19 Å². The van der Waals surface area contributed by atoms with E-state index >= 15 is 0 Å². The fourth-order valence-electron chi connectivity index (χ4n) is 1.35. The molecule has 0 saturated heterocycles. The van der Waals surface area contributed by atoms with Crippen molar-refractivity contribution in [2.45, 2.75) is 33.2 Å². The van der Waals surface area contributed by atoms with E-state index in [0.29, 0.717) is 5.69 Å². The molecule has 0 unspecified atom stereocenters. The number of carbonyl (C=O) groups excluding carboxylic acids is 1. The summed E-state index contributed by atoms with van der Waals surface area (Å²) in [5.74, 6) is -0.102. The zero-order valence-electron chi connectivity index (χ0n) is 10.1. The fourth-order valence-corrected chi connectivity index (χ4v) is 2.78. The van der Waals surface area contributed by atoms with Gasteiger partial charge in [-0.05, 0) is 11.3 Å². The number of hydrogen-bond donors (Lipinski definition) is 1. The van der Waals surface area contributed by atoms with Gasteiger partial charge in [0, 0.05) is 6.92 Å². The van der Waals surface area contributed by atoms with Crippen LogP contribution in [-0.2, 0) is 16.1 Å². The first kappa shape index (κ1) is 12.7. The van der Waals surface area contributed by atoms with Crippen LogP contribution in [0.25, 0.3) is 0 Å². The number of ether oxygens (including phenoxy) is 1. The average Bonchev–Trinajstić information content (AvgIpc) is 2.14. The van der Waals surface area contributed by atoms with Crippen molar-refractivity contribution >= 4 is 19.2 Å². The van der Waals surface area contributed by atoms with Crippen LogP contribution in [0.4, 0.5) is 0 Å². The molecule has 0 fully saturated rings. The van der Waals surface area contributed by atoms with Crippen molar-refractivity contribution in [1.82, 2.24) is 4.98 Å². The van der Waals surface area contributed by atoms with Crippen LogP contribution in [0, 0.1) is 0 Å². The lowest BCUT2D eigenvalue weighted by molar-refractivity contribution is -0.142. The number of rotatable bonds is 3. The first-order valence-corrected chi connectivity index (χ1v) is 8.62. The third-order valence-electron chi connectivity index (χ3n) is 2.17. The molecule has 1 rings (SSSR count). The Labute approximate surface area is 96.3 Å². The molecule has 0 saturated carbocycles. The molecule has 1 aromatic heterocycles. The Morgan fingerprint density at radius 2 is 2.12 bits per heavy atom. The third kappa shape index (κ3) is 3.34. The largest absolute Gasteiger partial charge is 0.506 e. The summed E-state index contributed by atoms with van der Waals surface area (Å²) < 4.78 is 4.87. The zero-order chi connectivity index (χ0) is 12.3. The summed E-state index contributed by atoms with van der Waals surface area (Å²) in [6.07, 6.45) is 1.42. The van der Waals surface area contributed by atoms with E-state index in [2.05, 4.69) is 24.6 Å². The molecule has 1 heterocycles. The van der Waals surface area contributed by atoms with Crippen molar-refractivity contribution in [3.8, 4) is 5.75 Å². The molecule has 0 aliphatic carbocycles. The molecule has 4 nitrogen and oxygen atoms in total. The van der Waals surface area contributed by atoms with Gasteiger partial charge in [0.25, 0.3) is 0 Å². The summed E-state index contributed by atoms with van der Waals surface area (Å²) in [4.78, 5) is 14.7. The van der Waals surface area contributed by atoms with Crippen LogP contribution >= 0.6 is 0 Å². The highest BCUT2D eigenvalue weighted by molar-refractivity contribution is 6.89. The standard InChI is InChI=1S/C11H17NO3Si/c1-8(13)15-7-9-5-11(16(2,3)4)10(14)6-12-9/h5-6,14H,7H2,1-4H3. The molecule has 0 spiro atoms. The zero-order valence-corrected chi connectivity index (χ0v) is 11.1. The van der Waals surface area contributed by atoms with Crippen molar-refractivity contribution in [3.05, 3.63) is 18.0 Å². The van der Waals surface area contributed by atoms with Gasteiger partial charge in [0.2, 0.25) is 0 Å². The Bertz CT molecular complexity index is 399. The smallest absolute Gasteiger partial charge is 0.303 e. The SMILES string of the molecule is CC(=O)OCc1cc([Si](C)(C)C)c(O)cn1. The third-order valence-corrected chi connectivity index (χ3v) is 4.19. The molecular formula is C11H17NO3Si. The maximum absolute atomic E-state index is 10.7. The predicted molar refractivity (Wildman–Crippen MR) is 64.4 cm³/mol. The highest BCUT2D eigenvalue weighted by atomic mass is 28.3. The number of esters is 1. The lowest BCUT2D eigenvalue weighted by atomic mass is 10.3. The van der Waals surface area contributed by atoms with E-state index in [1.807, 2.05) is 6.07 Å². The summed E-state index contributed by atoms with van der Waals surface area (Å²) in [6, 6.07) is 1.82. The molecule has 0 radical (unpaired) electrons. The highest BCUT2D eigenvalue weighted by Crippen LogP contribution is 2.13. The quantitative estimate of drug-likeness (QED) is 0.640. The molecule has 1 N–H and O–H groups in total. The Hall–Kier alpha value is -1.36. The maximum atomic E-state index is 10.7. The van der Waals surface area contributed by atoms with E-state index < -0.39 is 8.07 Å². The fraction of sp³-hybridized carbons (Fsp3) is 0.455. The van der Waals surface area contributed by atoms with Gasteiger partial charge in [-0.3, -0.25) is 9.78 Å². The molecule has 0 aliphatic rings. The van der Waals surface area contributed by atoms with E-state index in [0.717, 1.165) is 5.19 Å². The van der Waals surface area contributed by atoms with Crippen LogP contribution in [0.1, 0.15) is 12.6 Å². The molecule has 5 heteroatoms. The normalized spacial score (nSPS) is 11.2. The van der Waals surface area contributed by atoms with Crippen molar-refractivity contribution in [2.24, 2.45) is 0 Å². The number of carbonyl (C=O) groups is 1. The Morgan fingerprint density at radius 1 is 1.50 bits per heavy atom. The minimum atomic E-state index is -1.60. The molecular weight excluding hydrogens is 222 g/mol. The molecule has 0 atom stereocenters. The van der Waals surface area contributed by atoms with E-state index in [1.54, 1.807) is 0 Å². The summed E-state index contributed by atoms with van der Waals surface area (Å²) in [7, 11) is -1.60. The van der Waals surface area contributed by atoms with Gasteiger partial charge < -0.3 is 9.84 Å². The van der Waals surface area contributed by atoms with Gasteiger partial charge in [-0.2, -0.15) is 0 Å². The van der Waals surface area contributed by atoms with Crippen molar-refractivity contribution in [2.75, 3.05) is 0 Å². The second-order valence-corrected chi connectivity index (χ2v) is 9.76. The van der Waals surface area contributed by atoms with Gasteiger partial charge in [0.1, 0.15) is 12.4 Å². The number of hydrogen-bond acceptors (Lipinski definition) is 4. The number of aromatic nitrogens is 1. The summed E-state index contributed by atoms with van der Waals surface area (Å²) in [5, 5.41) is 10.6. The lowest BCUT2D eigenvalue weighted by Gasteiger charge is -2.18. The van der Waals surface area contributed by atoms with Gasteiger partial charge in [0.15, 0.2) is 0 Å². The number of aromatic hydroxyl groups is 1. The van der Waals surface area contributed by atoms with Gasteiger partial charge in [-0.15, -0.1) is 0 Å². The van der Waals surface area contributed by atoms with E-state index in [4.69, 9.17) is 4.74 Å². The molecule has 16 heavy (non-hydrogen) atoms. The number of nitrogens with zero attached hydrogens (tertiary/aromatic N) is 1. The summed E-state index contributed by atoms with van der Waals surface area (Å²) in [6.45, 7) is 7.93. The van der Waals surface area contributed by atoms with Crippen LogP contribution in [0.2, 0.25) is 19.6 Å². The summed E-state index contributed by atoms with van der Waals surface area (Å²) >= 11 is 0. The second-order valence-electron chi connectivity index (χ2n) is 4.72. The molecule has 1 aromatic rings. The molecule has 0 amide bonds. The van der Waals surface area contributed by atoms with E-state index in [-0.39, 0.29) is 18.3 Å². The second kappa shape index (κ2) is 4.65. The molecule has 0 bridgehead atoms. The topological polar surface area (TPSA) is 59.4 Å². The van der Waals surface area contributed by atoms with Gasteiger partial charge in [0.05, 0.1) is 20.0 Å². The van der Waals surface area contributed by atoms with Gasteiger partial charge in [-0.25, -0.2) is 0 Å². The van der Waals surface area contributed by atoms with Crippen molar-refractivity contribution in [3.63, 3.8) is 0 Å². The molecule has 88 valence electrons.